The molecule has 0 radical (unpaired) electrons. The number of benzene rings is 4. The van der Waals surface area contributed by atoms with Crippen molar-refractivity contribution in [3.63, 3.8) is 0 Å². The van der Waals surface area contributed by atoms with Gasteiger partial charge in [-0.3, -0.25) is 0 Å². The van der Waals surface area contributed by atoms with Gasteiger partial charge in [-0.25, -0.2) is 0 Å². The molecule has 0 bridgehead atoms. The van der Waals surface area contributed by atoms with Crippen molar-refractivity contribution in [1.29, 1.82) is 0 Å². The molecule has 0 spiro atoms. The van der Waals surface area contributed by atoms with E-state index in [0.717, 1.165) is 16.7 Å². The SMILES string of the molecule is CC.OC(CNCc1ccccc1)COC(c1ccccc1)(c1ccccc1)c1ccccc1. The van der Waals surface area contributed by atoms with Crippen LogP contribution in [0.2, 0.25) is 0 Å². The van der Waals surface area contributed by atoms with Gasteiger partial charge in [0.05, 0.1) is 12.7 Å². The van der Waals surface area contributed by atoms with Gasteiger partial charge in [-0.15, -0.1) is 0 Å². The van der Waals surface area contributed by atoms with Gasteiger partial charge in [-0.1, -0.05) is 135 Å². The molecule has 0 amide bonds. The molecular weight excluding hydrogens is 418 g/mol. The molecule has 3 heteroatoms. The van der Waals surface area contributed by atoms with Gasteiger partial charge < -0.3 is 15.2 Å². The summed E-state index contributed by atoms with van der Waals surface area (Å²) >= 11 is 0. The van der Waals surface area contributed by atoms with Crippen LogP contribution >= 0.6 is 0 Å². The number of ether oxygens (including phenoxy) is 1. The van der Waals surface area contributed by atoms with Crippen molar-refractivity contribution in [2.24, 2.45) is 0 Å². The molecule has 4 aromatic carbocycles. The van der Waals surface area contributed by atoms with E-state index in [1.165, 1.54) is 5.56 Å². The lowest BCUT2D eigenvalue weighted by molar-refractivity contribution is -0.0372. The maximum Gasteiger partial charge on any atom is 0.143 e. The van der Waals surface area contributed by atoms with Crippen molar-refractivity contribution in [3.05, 3.63) is 144 Å². The fourth-order valence-electron chi connectivity index (χ4n) is 4.03. The Morgan fingerprint density at radius 2 is 1.03 bits per heavy atom. The first kappa shape index (κ1) is 25.4. The van der Waals surface area contributed by atoms with Crippen LogP contribution in [0.15, 0.2) is 121 Å². The Kier molecular flexibility index (Phi) is 10.1. The second-order valence-electron chi connectivity index (χ2n) is 7.86. The molecule has 1 unspecified atom stereocenters. The van der Waals surface area contributed by atoms with E-state index in [0.29, 0.717) is 13.1 Å². The summed E-state index contributed by atoms with van der Waals surface area (Å²) in [5.74, 6) is 0. The third-order valence-electron chi connectivity index (χ3n) is 5.59. The van der Waals surface area contributed by atoms with Gasteiger partial charge in [0.1, 0.15) is 5.60 Å². The van der Waals surface area contributed by atoms with Gasteiger partial charge in [-0.2, -0.15) is 0 Å². The highest BCUT2D eigenvalue weighted by molar-refractivity contribution is 5.47. The van der Waals surface area contributed by atoms with Crippen LogP contribution in [0.4, 0.5) is 0 Å². The van der Waals surface area contributed by atoms with Crippen LogP contribution in [0.25, 0.3) is 0 Å². The number of hydrogen-bond acceptors (Lipinski definition) is 3. The molecule has 0 aliphatic heterocycles. The predicted molar refractivity (Wildman–Crippen MR) is 141 cm³/mol. The molecule has 0 heterocycles. The van der Waals surface area contributed by atoms with E-state index in [1.54, 1.807) is 0 Å². The van der Waals surface area contributed by atoms with Crippen molar-refractivity contribution < 1.29 is 9.84 Å². The highest BCUT2D eigenvalue weighted by Gasteiger charge is 2.37. The maximum absolute atomic E-state index is 10.7. The lowest BCUT2D eigenvalue weighted by Crippen LogP contribution is -2.38. The quantitative estimate of drug-likeness (QED) is 0.282. The molecule has 4 aromatic rings. The first-order valence-corrected chi connectivity index (χ1v) is 12.0. The van der Waals surface area contributed by atoms with Crippen LogP contribution in [-0.4, -0.2) is 24.4 Å². The normalized spacial score (nSPS) is 11.9. The van der Waals surface area contributed by atoms with Crippen molar-refractivity contribution in [3.8, 4) is 0 Å². The molecule has 1 atom stereocenters. The predicted octanol–water partition coefficient (Wildman–Crippen LogP) is 6.17. The summed E-state index contributed by atoms with van der Waals surface area (Å²) in [5, 5.41) is 14.1. The van der Waals surface area contributed by atoms with Crippen LogP contribution in [0.3, 0.4) is 0 Å². The molecule has 176 valence electrons. The third kappa shape index (κ3) is 6.42. The molecule has 0 aromatic heterocycles. The monoisotopic (exact) mass is 453 g/mol. The molecule has 0 aliphatic rings. The van der Waals surface area contributed by atoms with Crippen LogP contribution in [0.1, 0.15) is 36.1 Å². The summed E-state index contributed by atoms with van der Waals surface area (Å²) in [6, 6.07) is 40.8. The highest BCUT2D eigenvalue weighted by Crippen LogP contribution is 2.40. The largest absolute Gasteiger partial charge is 0.389 e. The minimum absolute atomic E-state index is 0.195. The van der Waals surface area contributed by atoms with Crippen molar-refractivity contribution in [1.82, 2.24) is 5.32 Å². The lowest BCUT2D eigenvalue weighted by Gasteiger charge is -2.36. The third-order valence-corrected chi connectivity index (χ3v) is 5.59. The fraction of sp³-hybridized carbons (Fsp3) is 0.226. The molecular formula is C31H35NO2. The Morgan fingerprint density at radius 1 is 0.647 bits per heavy atom. The summed E-state index contributed by atoms with van der Waals surface area (Å²) in [6.07, 6.45) is -0.644. The minimum atomic E-state index is -0.815. The van der Waals surface area contributed by atoms with Gasteiger partial charge in [0.2, 0.25) is 0 Å². The van der Waals surface area contributed by atoms with E-state index in [2.05, 4.69) is 53.8 Å². The van der Waals surface area contributed by atoms with Crippen molar-refractivity contribution >= 4 is 0 Å². The Morgan fingerprint density at radius 3 is 1.44 bits per heavy atom. The average molecular weight is 454 g/mol. The van der Waals surface area contributed by atoms with Gasteiger partial charge in [0.15, 0.2) is 0 Å². The van der Waals surface area contributed by atoms with Gasteiger partial charge in [-0.05, 0) is 22.3 Å². The topological polar surface area (TPSA) is 41.5 Å². The zero-order chi connectivity index (χ0) is 24.1. The molecule has 0 fully saturated rings. The van der Waals surface area contributed by atoms with Crippen molar-refractivity contribution in [2.75, 3.05) is 13.2 Å². The van der Waals surface area contributed by atoms with E-state index >= 15 is 0 Å². The Bertz CT molecular complexity index is 957. The average Bonchev–Trinajstić information content (AvgIpc) is 2.93. The second-order valence-corrected chi connectivity index (χ2v) is 7.86. The first-order chi connectivity index (χ1) is 16.8. The van der Waals surface area contributed by atoms with E-state index in [1.807, 2.05) is 86.6 Å². The molecule has 2 N–H and O–H groups in total. The first-order valence-electron chi connectivity index (χ1n) is 12.0. The zero-order valence-corrected chi connectivity index (χ0v) is 20.1. The fourth-order valence-corrected chi connectivity index (χ4v) is 4.03. The maximum atomic E-state index is 10.7. The van der Waals surface area contributed by atoms with E-state index < -0.39 is 11.7 Å². The Hall–Kier alpha value is -3.24. The minimum Gasteiger partial charge on any atom is -0.389 e. The molecule has 0 aliphatic carbocycles. The lowest BCUT2D eigenvalue weighted by atomic mass is 9.80. The number of aliphatic hydroxyl groups excluding tert-OH is 1. The smallest absolute Gasteiger partial charge is 0.143 e. The van der Waals surface area contributed by atoms with Crippen molar-refractivity contribution in [2.45, 2.75) is 32.1 Å². The van der Waals surface area contributed by atoms with Crippen LogP contribution in [0.5, 0.6) is 0 Å². The number of hydrogen-bond donors (Lipinski definition) is 2. The Labute approximate surface area is 204 Å². The van der Waals surface area contributed by atoms with Gasteiger partial charge >= 0.3 is 0 Å². The van der Waals surface area contributed by atoms with Crippen LogP contribution in [0, 0.1) is 0 Å². The van der Waals surface area contributed by atoms with Crippen LogP contribution in [-0.2, 0) is 16.9 Å². The summed E-state index contributed by atoms with van der Waals surface area (Å²) in [6.45, 7) is 5.35. The number of aliphatic hydroxyl groups is 1. The summed E-state index contributed by atoms with van der Waals surface area (Å²) in [4.78, 5) is 0. The zero-order valence-electron chi connectivity index (χ0n) is 20.1. The van der Waals surface area contributed by atoms with E-state index in [4.69, 9.17) is 4.74 Å². The highest BCUT2D eigenvalue weighted by atomic mass is 16.5. The van der Waals surface area contributed by atoms with E-state index in [-0.39, 0.29) is 6.61 Å². The summed E-state index contributed by atoms with van der Waals surface area (Å²) in [7, 11) is 0. The van der Waals surface area contributed by atoms with Crippen LogP contribution < -0.4 is 5.32 Å². The summed E-state index contributed by atoms with van der Waals surface area (Å²) < 4.78 is 6.66. The number of rotatable bonds is 10. The molecule has 4 rings (SSSR count). The standard InChI is InChI=1S/C29H29NO2.C2H6/c31-28(22-30-21-24-13-5-1-6-14-24)23-32-29(25-15-7-2-8-16-25,26-17-9-3-10-18-26)27-19-11-4-12-20-27;1-2/h1-20,28,30-31H,21-23H2;1-2H3. The Balaban J connectivity index is 0.00000158. The summed E-state index contributed by atoms with van der Waals surface area (Å²) in [5.41, 5.74) is 3.46. The van der Waals surface area contributed by atoms with E-state index in [9.17, 15) is 5.11 Å². The molecule has 0 saturated carbocycles. The van der Waals surface area contributed by atoms with Gasteiger partial charge in [0.25, 0.3) is 0 Å². The second kappa shape index (κ2) is 13.5. The molecule has 0 saturated heterocycles. The molecule has 34 heavy (non-hydrogen) atoms. The molecule has 3 nitrogen and oxygen atoms in total. The van der Waals surface area contributed by atoms with Gasteiger partial charge in [0, 0.05) is 13.1 Å². The number of nitrogens with one attached hydrogen (secondary N) is 1.